The number of hydrogen-bond acceptors (Lipinski definition) is 8. The molecule has 5 rings (SSSR count). The Kier molecular flexibility index (Phi) is 7.58. The summed E-state index contributed by atoms with van der Waals surface area (Å²) in [7, 11) is 5.23. The number of amides is 2. The Bertz CT molecular complexity index is 1940. The molecule has 1 aromatic carbocycles. The van der Waals surface area contributed by atoms with Gasteiger partial charge >= 0.3 is 6.09 Å². The van der Waals surface area contributed by atoms with E-state index in [-0.39, 0.29) is 5.82 Å². The first kappa shape index (κ1) is 29.2. The molecule has 0 saturated carbocycles. The number of rotatable bonds is 4. The van der Waals surface area contributed by atoms with Crippen molar-refractivity contribution in [2.45, 2.75) is 46.3 Å². The number of carbonyl (C=O) groups is 2. The SMILES string of the molecule is Cc1nn(C)c2c(-c3cc(C#Cc4ccc5c(cnn5C)c4)nc(NC(=O)C(C)N(C)C(=O)OC(C)(C)C)c3)ncnc12. The van der Waals surface area contributed by atoms with Gasteiger partial charge in [-0.05, 0) is 70.9 Å². The number of aryl methyl sites for hydroxylation is 3. The molecule has 12 heteroatoms. The highest BCUT2D eigenvalue weighted by Gasteiger charge is 2.27. The van der Waals surface area contributed by atoms with Crippen LogP contribution in [-0.4, -0.2) is 70.1 Å². The summed E-state index contributed by atoms with van der Waals surface area (Å²) in [5.41, 5.74) is 5.02. The number of nitrogens with zero attached hydrogens (tertiary/aromatic N) is 8. The number of carbonyl (C=O) groups excluding carboxylic acids is 2. The summed E-state index contributed by atoms with van der Waals surface area (Å²) in [6, 6.07) is 8.53. The molecule has 4 heterocycles. The molecule has 0 spiro atoms. The Morgan fingerprint density at radius 3 is 2.58 bits per heavy atom. The second-order valence-corrected chi connectivity index (χ2v) is 11.3. The maximum atomic E-state index is 13.3. The third-order valence-corrected chi connectivity index (χ3v) is 6.86. The molecule has 5 aromatic rings. The van der Waals surface area contributed by atoms with E-state index >= 15 is 0 Å². The van der Waals surface area contributed by atoms with E-state index in [1.807, 2.05) is 45.3 Å². The molecule has 0 bridgehead atoms. The summed E-state index contributed by atoms with van der Waals surface area (Å²) in [5.74, 6) is 6.11. The molecule has 12 nitrogen and oxygen atoms in total. The highest BCUT2D eigenvalue weighted by molar-refractivity contribution is 5.97. The fraction of sp³-hybridized carbons (Fsp3) is 0.323. The van der Waals surface area contributed by atoms with Crippen molar-refractivity contribution >= 4 is 39.8 Å². The molecule has 0 aliphatic heterocycles. The van der Waals surface area contributed by atoms with Crippen LogP contribution in [0.15, 0.2) is 42.9 Å². The normalized spacial score (nSPS) is 12.1. The lowest BCUT2D eigenvalue weighted by atomic mass is 10.1. The number of aromatic nitrogens is 7. The van der Waals surface area contributed by atoms with Gasteiger partial charge in [-0.15, -0.1) is 0 Å². The first-order valence-electron chi connectivity index (χ1n) is 13.7. The van der Waals surface area contributed by atoms with Crippen molar-refractivity contribution in [2.24, 2.45) is 14.1 Å². The Hall–Kier alpha value is -5.31. The van der Waals surface area contributed by atoms with E-state index in [1.54, 1.807) is 49.3 Å². The van der Waals surface area contributed by atoms with Gasteiger partial charge in [-0.2, -0.15) is 10.2 Å². The van der Waals surface area contributed by atoms with Crippen LogP contribution in [0, 0.1) is 18.8 Å². The average Bonchev–Trinajstić information content (AvgIpc) is 3.47. The fourth-order valence-corrected chi connectivity index (χ4v) is 4.56. The first-order chi connectivity index (χ1) is 20.3. The molecule has 0 radical (unpaired) electrons. The maximum absolute atomic E-state index is 13.3. The summed E-state index contributed by atoms with van der Waals surface area (Å²) in [6.45, 7) is 8.80. The zero-order chi connectivity index (χ0) is 31.1. The Balaban J connectivity index is 1.53. The fourth-order valence-electron chi connectivity index (χ4n) is 4.56. The second kappa shape index (κ2) is 11.2. The first-order valence-corrected chi connectivity index (χ1v) is 13.7. The smallest absolute Gasteiger partial charge is 0.410 e. The molecule has 0 saturated heterocycles. The van der Waals surface area contributed by atoms with Gasteiger partial charge in [0.1, 0.15) is 40.5 Å². The molecule has 0 aliphatic carbocycles. The summed E-state index contributed by atoms with van der Waals surface area (Å²) in [4.78, 5) is 40.7. The van der Waals surface area contributed by atoms with Crippen molar-refractivity contribution in [1.29, 1.82) is 0 Å². The Labute approximate surface area is 249 Å². The number of anilines is 1. The van der Waals surface area contributed by atoms with Crippen LogP contribution in [0.1, 0.15) is 44.6 Å². The summed E-state index contributed by atoms with van der Waals surface area (Å²) >= 11 is 0. The second-order valence-electron chi connectivity index (χ2n) is 11.3. The zero-order valence-electron chi connectivity index (χ0n) is 25.4. The molecule has 0 aliphatic rings. The predicted molar refractivity (Wildman–Crippen MR) is 163 cm³/mol. The number of benzene rings is 1. The van der Waals surface area contributed by atoms with Crippen LogP contribution >= 0.6 is 0 Å². The molecule has 43 heavy (non-hydrogen) atoms. The van der Waals surface area contributed by atoms with Crippen molar-refractivity contribution < 1.29 is 14.3 Å². The minimum absolute atomic E-state index is 0.254. The van der Waals surface area contributed by atoms with Gasteiger partial charge in [0.15, 0.2) is 0 Å². The lowest BCUT2D eigenvalue weighted by Crippen LogP contribution is -2.45. The highest BCUT2D eigenvalue weighted by Crippen LogP contribution is 2.28. The van der Waals surface area contributed by atoms with Gasteiger partial charge in [0.2, 0.25) is 5.91 Å². The van der Waals surface area contributed by atoms with Crippen molar-refractivity contribution in [2.75, 3.05) is 12.4 Å². The maximum Gasteiger partial charge on any atom is 0.410 e. The number of fused-ring (bicyclic) bond motifs is 2. The minimum Gasteiger partial charge on any atom is -0.444 e. The molecular weight excluding hydrogens is 546 g/mol. The summed E-state index contributed by atoms with van der Waals surface area (Å²) in [5, 5.41) is 12.6. The van der Waals surface area contributed by atoms with Gasteiger partial charge < -0.3 is 10.1 Å². The number of nitrogens with one attached hydrogen (secondary N) is 1. The third kappa shape index (κ3) is 6.16. The molecular formula is C31H33N9O3. The van der Waals surface area contributed by atoms with E-state index in [2.05, 4.69) is 42.3 Å². The van der Waals surface area contributed by atoms with Gasteiger partial charge in [-0.1, -0.05) is 5.92 Å². The molecule has 1 N–H and O–H groups in total. The largest absolute Gasteiger partial charge is 0.444 e. The summed E-state index contributed by atoms with van der Waals surface area (Å²) in [6.07, 6.45) is 2.67. The molecule has 0 fully saturated rings. The zero-order valence-corrected chi connectivity index (χ0v) is 25.4. The van der Waals surface area contributed by atoms with Gasteiger partial charge in [0.25, 0.3) is 0 Å². The van der Waals surface area contributed by atoms with Gasteiger partial charge in [0, 0.05) is 37.7 Å². The van der Waals surface area contributed by atoms with Crippen LogP contribution < -0.4 is 5.32 Å². The van der Waals surface area contributed by atoms with Gasteiger partial charge in [0.05, 0.1) is 23.1 Å². The van der Waals surface area contributed by atoms with E-state index in [4.69, 9.17) is 4.74 Å². The van der Waals surface area contributed by atoms with Crippen LogP contribution in [0.5, 0.6) is 0 Å². The Morgan fingerprint density at radius 1 is 1.07 bits per heavy atom. The lowest BCUT2D eigenvalue weighted by Gasteiger charge is -2.28. The highest BCUT2D eigenvalue weighted by atomic mass is 16.6. The van der Waals surface area contributed by atoms with E-state index < -0.39 is 23.6 Å². The van der Waals surface area contributed by atoms with Crippen molar-refractivity contribution in [3.05, 3.63) is 59.8 Å². The van der Waals surface area contributed by atoms with E-state index in [1.165, 1.54) is 18.3 Å². The van der Waals surface area contributed by atoms with Crippen LogP contribution in [0.4, 0.5) is 10.6 Å². The minimum atomic E-state index is -0.841. The van der Waals surface area contributed by atoms with Crippen LogP contribution in [-0.2, 0) is 23.6 Å². The van der Waals surface area contributed by atoms with Crippen LogP contribution in [0.2, 0.25) is 0 Å². The lowest BCUT2D eigenvalue weighted by molar-refractivity contribution is -0.120. The van der Waals surface area contributed by atoms with Crippen molar-refractivity contribution in [3.8, 4) is 23.1 Å². The van der Waals surface area contributed by atoms with E-state index in [0.717, 1.165) is 33.2 Å². The molecule has 1 unspecified atom stereocenters. The van der Waals surface area contributed by atoms with Crippen molar-refractivity contribution in [1.82, 2.24) is 39.4 Å². The number of ether oxygens (including phenoxy) is 1. The van der Waals surface area contributed by atoms with Crippen LogP contribution in [0.3, 0.4) is 0 Å². The van der Waals surface area contributed by atoms with Gasteiger partial charge in [-0.3, -0.25) is 19.1 Å². The van der Waals surface area contributed by atoms with E-state index in [0.29, 0.717) is 17.0 Å². The Morgan fingerprint density at radius 2 is 1.84 bits per heavy atom. The topological polar surface area (TPSA) is 133 Å². The molecule has 4 aromatic heterocycles. The predicted octanol–water partition coefficient (Wildman–Crippen LogP) is 4.21. The number of pyridine rings is 1. The number of hydrogen-bond donors (Lipinski definition) is 1. The average molecular weight is 580 g/mol. The molecule has 2 amide bonds. The van der Waals surface area contributed by atoms with E-state index in [9.17, 15) is 9.59 Å². The third-order valence-electron chi connectivity index (χ3n) is 6.86. The molecule has 220 valence electrons. The van der Waals surface area contributed by atoms with Crippen LogP contribution in [0.25, 0.3) is 33.2 Å². The van der Waals surface area contributed by atoms with Crippen molar-refractivity contribution in [3.63, 3.8) is 0 Å². The quantitative estimate of drug-likeness (QED) is 0.313. The number of likely N-dealkylation sites (N-methyl/N-ethyl adjacent to an activating group) is 1. The summed E-state index contributed by atoms with van der Waals surface area (Å²) < 4.78 is 8.95. The standard InChI is InChI=1S/C31H33N9O3/c1-18-26-28(40(8)37-18)27(33-17-32-26)21-14-23(11-9-20-10-12-24-22(13-20)16-34-39(24)7)35-25(15-21)36-29(41)19(2)38(6)30(42)43-31(3,4)5/h10,12-17,19H,1-8H3,(H,35,36,41). The monoisotopic (exact) mass is 579 g/mol. The molecule has 1 atom stereocenters. The van der Waals surface area contributed by atoms with Gasteiger partial charge in [-0.25, -0.2) is 19.7 Å².